The molecule has 108 heavy (non-hydrogen) atoms. The van der Waals surface area contributed by atoms with Crippen LogP contribution < -0.4 is 22.6 Å². The van der Waals surface area contributed by atoms with Gasteiger partial charge >= 0.3 is 63.4 Å². The predicted molar refractivity (Wildman–Crippen MR) is 394 cm³/mol. The van der Waals surface area contributed by atoms with Crippen LogP contribution in [0.3, 0.4) is 0 Å². The zero-order valence-corrected chi connectivity index (χ0v) is 72.3. The number of rotatable bonds is 44. The Morgan fingerprint density at radius 1 is 0.509 bits per heavy atom. The number of aromatic nitrogens is 8. The molecule has 0 spiro atoms. The number of nitrogens with zero attached hydrogens (tertiary/aromatic N) is 10. The van der Waals surface area contributed by atoms with Crippen LogP contribution in [0, 0.1) is 0 Å². The molecule has 2 aliphatic rings. The van der Waals surface area contributed by atoms with E-state index in [4.69, 9.17) is 74.6 Å². The van der Waals surface area contributed by atoms with Gasteiger partial charge in [-0.25, -0.2) is 37.4 Å². The lowest BCUT2D eigenvalue weighted by molar-refractivity contribution is -0.0501. The molecule has 2 fully saturated rings. The molecule has 12 N–H and O–H groups in total. The highest BCUT2D eigenvalue weighted by molar-refractivity contribution is 7.61. The summed E-state index contributed by atoms with van der Waals surface area (Å²) in [4.78, 5) is 112. The number of nitrogen functional groups attached to an aromatic ring is 2. The molecule has 6 rings (SSSR count). The summed E-state index contributed by atoms with van der Waals surface area (Å²) in [5, 5.41) is -0.961. The minimum absolute atomic E-state index is 0.0336. The molecular formula is C52H104N14O32P8Si2+2. The van der Waals surface area contributed by atoms with Crippen molar-refractivity contribution in [1.82, 2.24) is 58.6 Å². The highest BCUT2D eigenvalue weighted by Crippen LogP contribution is 2.66. The van der Waals surface area contributed by atoms with Crippen molar-refractivity contribution in [3.63, 3.8) is 0 Å². The van der Waals surface area contributed by atoms with E-state index in [-0.39, 0.29) is 73.5 Å². The molecule has 0 bridgehead atoms. The minimum atomic E-state index is -5.59. The Bertz CT molecular complexity index is 4080. The summed E-state index contributed by atoms with van der Waals surface area (Å²) in [7, 11) is -29.9. The highest BCUT2D eigenvalue weighted by atomic mass is 31.3. The van der Waals surface area contributed by atoms with Gasteiger partial charge in [-0.15, -0.1) is 9.79 Å². The second-order valence-electron chi connectivity index (χ2n) is 28.6. The van der Waals surface area contributed by atoms with Crippen molar-refractivity contribution < 1.29 is 138 Å². The first-order chi connectivity index (χ1) is 49.5. The first-order valence-corrected chi connectivity index (χ1v) is 50.1. The van der Waals surface area contributed by atoms with E-state index in [9.17, 15) is 75.5 Å². The quantitative estimate of drug-likeness (QED) is 0.0126. The molecule has 0 saturated carbocycles. The van der Waals surface area contributed by atoms with Crippen LogP contribution in [-0.4, -0.2) is 263 Å². The van der Waals surface area contributed by atoms with Crippen LogP contribution in [0.15, 0.2) is 22.2 Å². The molecule has 6 heterocycles. The second kappa shape index (κ2) is 39.7. The van der Waals surface area contributed by atoms with Crippen molar-refractivity contribution in [1.29, 1.82) is 0 Å². The molecule has 14 unspecified atom stereocenters. The maximum Gasteiger partial charge on any atom is 0.705 e. The lowest BCUT2D eigenvalue weighted by Crippen LogP contribution is -2.49. The van der Waals surface area contributed by atoms with Gasteiger partial charge in [-0.3, -0.25) is 64.9 Å². The number of hydrogen-bond donors (Lipinski definition) is 10. The predicted octanol–water partition coefficient (Wildman–Crippen LogP) is 6.64. The van der Waals surface area contributed by atoms with Crippen LogP contribution in [0.4, 0.5) is 11.9 Å². The molecule has 2 aliphatic heterocycles. The van der Waals surface area contributed by atoms with E-state index < -0.39 is 164 Å². The van der Waals surface area contributed by atoms with E-state index in [2.05, 4.69) is 38.5 Å². The molecule has 2 saturated heterocycles. The van der Waals surface area contributed by atoms with Crippen molar-refractivity contribution in [3.05, 3.63) is 33.4 Å². The van der Waals surface area contributed by atoms with Crippen LogP contribution in [0.1, 0.15) is 79.7 Å². The van der Waals surface area contributed by atoms with E-state index in [1.165, 1.54) is 21.8 Å². The number of phosphoric ester groups is 4. The first-order valence-electron chi connectivity index (χ1n) is 33.1. The molecule has 0 amide bonds. The van der Waals surface area contributed by atoms with Gasteiger partial charge in [-0.1, -0.05) is 41.5 Å². The van der Waals surface area contributed by atoms with Crippen LogP contribution >= 0.6 is 63.4 Å². The van der Waals surface area contributed by atoms with Gasteiger partial charge in [0.05, 0.1) is 52.3 Å². The highest BCUT2D eigenvalue weighted by Gasteiger charge is 2.59. The van der Waals surface area contributed by atoms with Crippen LogP contribution in [0.2, 0.25) is 36.3 Å². The molecule has 0 aliphatic carbocycles. The summed E-state index contributed by atoms with van der Waals surface area (Å²) in [5.74, 6) is -0.533. The fourth-order valence-corrected chi connectivity index (χ4v) is 20.4. The van der Waals surface area contributed by atoms with E-state index in [0.29, 0.717) is 39.0 Å². The number of phosphoric acid groups is 6. The zero-order chi connectivity index (χ0) is 81.7. The van der Waals surface area contributed by atoms with E-state index >= 15 is 0 Å². The van der Waals surface area contributed by atoms with Crippen LogP contribution in [0.25, 0.3) is 22.3 Å². The third-order valence-electron chi connectivity index (χ3n) is 16.5. The Morgan fingerprint density at radius 3 is 1.15 bits per heavy atom. The van der Waals surface area contributed by atoms with Crippen molar-refractivity contribution in [2.75, 3.05) is 134 Å². The summed E-state index contributed by atoms with van der Waals surface area (Å²) in [5.41, 5.74) is 9.91. The summed E-state index contributed by atoms with van der Waals surface area (Å²) < 4.78 is 195. The molecule has 56 heteroatoms. The van der Waals surface area contributed by atoms with Crippen molar-refractivity contribution in [2.45, 2.75) is 153 Å². The number of anilines is 2. The number of imidazole rings is 2. The van der Waals surface area contributed by atoms with Gasteiger partial charge < -0.3 is 69.0 Å². The molecule has 0 radical (unpaired) electrons. The Morgan fingerprint density at radius 2 is 0.815 bits per heavy atom. The van der Waals surface area contributed by atoms with Gasteiger partial charge in [0.25, 0.3) is 11.1 Å². The van der Waals surface area contributed by atoms with E-state index in [1.807, 2.05) is 77.5 Å². The largest absolute Gasteiger partial charge is 0.705 e. The maximum atomic E-state index is 14.2. The van der Waals surface area contributed by atoms with Gasteiger partial charge in [0.1, 0.15) is 36.6 Å². The second-order valence-corrected chi connectivity index (χ2v) is 49.2. The smallest absolute Gasteiger partial charge is 0.407 e. The number of ether oxygens (including phenoxy) is 2. The molecule has 46 nitrogen and oxygen atoms in total. The summed E-state index contributed by atoms with van der Waals surface area (Å²) >= 11 is 0. The number of nitrogens with one attached hydrogen (secondary N) is 2. The number of hydrogen-bond acceptors (Lipinski definition) is 36. The summed E-state index contributed by atoms with van der Waals surface area (Å²) in [6, 6.07) is 0. The first kappa shape index (κ1) is 95.9. The maximum absolute atomic E-state index is 14.2. The molecule has 0 aromatic carbocycles. The molecule has 14 atom stereocenters. The molecule has 620 valence electrons. The Balaban J connectivity index is 0.000000387. The third-order valence-corrected chi connectivity index (χ3v) is 35.4. The number of fused-ring (bicyclic) bond motifs is 2. The minimum Gasteiger partial charge on any atom is -0.407 e. The summed E-state index contributed by atoms with van der Waals surface area (Å²) in [6.45, 7) is 18.0. The fraction of sp³-hybridized carbons (Fsp3) is 0.808. The number of H-pyrrole nitrogens is 2. The van der Waals surface area contributed by atoms with Gasteiger partial charge in [-0.05, 0) is 153 Å². The average Bonchev–Trinajstić information content (AvgIpc) is 1.60. The van der Waals surface area contributed by atoms with Gasteiger partial charge in [0.2, 0.25) is 11.9 Å². The van der Waals surface area contributed by atoms with Crippen molar-refractivity contribution >= 4 is 114 Å². The normalized spacial score (nSPS) is 22.6. The van der Waals surface area contributed by atoms with Crippen molar-refractivity contribution in [2.24, 2.45) is 0 Å². The molecule has 4 aromatic rings. The molecule has 4 aromatic heterocycles. The lowest BCUT2D eigenvalue weighted by atomic mass is 10.1. The van der Waals surface area contributed by atoms with Crippen LogP contribution in [-0.2, 0) is 108 Å². The molecular weight excluding hydrogens is 1640 g/mol. The Kier molecular flexibility index (Phi) is 35.3. The van der Waals surface area contributed by atoms with E-state index in [1.54, 1.807) is 66.2 Å². The summed E-state index contributed by atoms with van der Waals surface area (Å²) in [6.07, 6.45) is -8.46. The van der Waals surface area contributed by atoms with Crippen LogP contribution in [0.5, 0.6) is 0 Å². The fourth-order valence-electron chi connectivity index (χ4n) is 9.53. The SMILES string of the molecule is CN(C)CCCOP(=O)(OCC1OC(n2cnc3c(=O)[nH]c(N)nc32)C(O[Si](C)(C)C(C)(C)C)C1OP(=O)(OCCCN(C)C)OP(=O)(O)O)OP(=O)(O)O.CN(C)CCCOP(=O)(OCC1OC(n2cnc3c(=O)[nH]c(N)nc32)C(O[Si](C)(C)C(C)(C)C)C1OP(=O)(OCCCN(C)C)O[P+](=O)O)O[P+](=O)O. The number of nitrogens with two attached hydrogens (primary N) is 2. The third kappa shape index (κ3) is 29.5. The van der Waals surface area contributed by atoms with Gasteiger partial charge in [0.15, 0.2) is 51.4 Å². The zero-order valence-electron chi connectivity index (χ0n) is 63.2. The average molecular weight is 1740 g/mol. The lowest BCUT2D eigenvalue weighted by Gasteiger charge is -2.40. The topological polar surface area (TPSA) is 598 Å². The standard InChI is InChI=1S/C26H53N7O17P4Si.C26H49N7O15P4Si/c1-26(2,3)55(8,9)48-21-20(47-54(42,50-52(38,39)40)44-15-11-13-32(6)7)18(16-45-53(41,49-51(35,36)37)43-14-10-12-31(4)5)46-24(21)33-17-28-19-22(33)29-25(27)30-23(19)34;1-26(2,3)53(8,9)46-21-20(45-52(40,48-50(37)38)42-15-11-13-32(6)7)18(16-43-51(39,47-49(35)36)41-14-10-12-31(4)5)44-24(21)33-17-28-19-22(33)29-25(27)30-23(19)34/h17-18,20-21,24H,10-16H2,1-9H3,(H2,35,36,37)(H2,38,39,40)(H3,27,29,30,34);17-18,20-21,24H,10-16H2,1-9H3,(H3-2,27,29,30,34,35,36,37,38)/p+2. The van der Waals surface area contributed by atoms with Gasteiger partial charge in [0, 0.05) is 9.13 Å². The monoisotopic (exact) mass is 1740 g/mol. The number of aromatic amines is 2. The van der Waals surface area contributed by atoms with Gasteiger partial charge in [-0.2, -0.15) is 18.6 Å². The Labute approximate surface area is 627 Å². The van der Waals surface area contributed by atoms with E-state index in [0.717, 1.165) is 0 Å². The van der Waals surface area contributed by atoms with Crippen molar-refractivity contribution in [3.8, 4) is 0 Å². The Hall–Kier alpha value is -2.73.